The molecule has 212 valence electrons. The molecule has 1 aliphatic heterocycles. The molecule has 2 aliphatic rings. The average molecular weight is 599 g/mol. The normalized spacial score (nSPS) is 20.7. The van der Waals surface area contributed by atoms with Gasteiger partial charge in [-0.15, -0.1) is 23.7 Å². The number of anilines is 2. The first-order chi connectivity index (χ1) is 18.0. The minimum Gasteiger partial charge on any atom is -0.397 e. The number of benzene rings is 1. The summed E-state index contributed by atoms with van der Waals surface area (Å²) in [4.78, 5) is 60.6. The van der Waals surface area contributed by atoms with Crippen LogP contribution in [-0.2, 0) is 27.3 Å². The van der Waals surface area contributed by atoms with E-state index >= 15 is 0 Å². The maximum Gasteiger partial charge on any atom is 0.313 e. The number of nitrogens with zero attached hydrogens (tertiary/aromatic N) is 3. The summed E-state index contributed by atoms with van der Waals surface area (Å²) in [6, 6.07) is 3.42. The summed E-state index contributed by atoms with van der Waals surface area (Å²) in [5, 5.41) is 8.97. The van der Waals surface area contributed by atoms with Crippen molar-refractivity contribution in [2.24, 2.45) is 5.92 Å². The summed E-state index contributed by atoms with van der Waals surface area (Å²) in [5.74, 6) is -2.48. The predicted molar refractivity (Wildman–Crippen MR) is 153 cm³/mol. The van der Waals surface area contributed by atoms with E-state index in [-0.39, 0.29) is 41.5 Å². The number of amides is 4. The van der Waals surface area contributed by atoms with Gasteiger partial charge in [0.25, 0.3) is 5.91 Å². The van der Waals surface area contributed by atoms with Gasteiger partial charge in [0, 0.05) is 55.5 Å². The van der Waals surface area contributed by atoms with E-state index in [4.69, 9.17) is 17.3 Å². The molecule has 0 saturated heterocycles. The summed E-state index contributed by atoms with van der Waals surface area (Å²) < 4.78 is 0. The van der Waals surface area contributed by atoms with Gasteiger partial charge < -0.3 is 31.5 Å². The molecule has 3 atom stereocenters. The molecule has 14 heteroatoms. The SMILES string of the molecule is CN1CCc2nc(C(=O)NC3CC(C(=O)N(C)C)CCC3NC(=O)C(=O)Nc3ccc(Cl)cc3N)sc2C1.Cl. The van der Waals surface area contributed by atoms with Crippen LogP contribution in [0.3, 0.4) is 0 Å². The third kappa shape index (κ3) is 7.38. The number of rotatable bonds is 5. The molecule has 1 aromatic carbocycles. The summed E-state index contributed by atoms with van der Waals surface area (Å²) in [7, 11) is 5.40. The zero-order valence-corrected chi connectivity index (χ0v) is 24.3. The van der Waals surface area contributed by atoms with Gasteiger partial charge in [-0.05, 0) is 44.5 Å². The molecule has 39 heavy (non-hydrogen) atoms. The predicted octanol–water partition coefficient (Wildman–Crippen LogP) is 1.90. The topological polar surface area (TPSA) is 150 Å². The first-order valence-electron chi connectivity index (χ1n) is 12.4. The number of hydrogen-bond donors (Lipinski definition) is 4. The van der Waals surface area contributed by atoms with Crippen LogP contribution in [-0.4, -0.2) is 78.2 Å². The fraction of sp³-hybridized carbons (Fsp3) is 0.480. The van der Waals surface area contributed by atoms with Crippen LogP contribution in [0.5, 0.6) is 0 Å². The highest BCUT2D eigenvalue weighted by molar-refractivity contribution is 7.13. The lowest BCUT2D eigenvalue weighted by Gasteiger charge is -2.37. The van der Waals surface area contributed by atoms with Crippen LogP contribution in [0.15, 0.2) is 18.2 Å². The number of carbonyl (C=O) groups excluding carboxylic acids is 4. The largest absolute Gasteiger partial charge is 0.397 e. The lowest BCUT2D eigenvalue weighted by atomic mass is 9.81. The third-order valence-corrected chi connectivity index (χ3v) is 8.17. The van der Waals surface area contributed by atoms with Gasteiger partial charge in [0.2, 0.25) is 5.91 Å². The first kappa shape index (κ1) is 30.6. The standard InChI is InChI=1S/C25H32ClN7O4S.ClH/c1-32(2)25(37)13-4-6-17(29-22(35)21(34)28-16-7-5-14(26)11-15(16)27)19(10-13)30-23(36)24-31-18-8-9-33(3)12-20(18)38-24;/h5,7,11,13,17,19H,4,6,8-10,12,27H2,1-3H3,(H,28,34)(H,29,35)(H,30,36);1H. The fourth-order valence-corrected chi connectivity index (χ4v) is 6.07. The van der Waals surface area contributed by atoms with Gasteiger partial charge in [-0.2, -0.15) is 0 Å². The molecule has 3 unspecified atom stereocenters. The van der Waals surface area contributed by atoms with Crippen molar-refractivity contribution < 1.29 is 19.2 Å². The number of nitrogen functional groups attached to an aromatic ring is 1. The Morgan fingerprint density at radius 1 is 1.13 bits per heavy atom. The number of aromatic nitrogens is 1. The van der Waals surface area contributed by atoms with Crippen LogP contribution in [0, 0.1) is 5.92 Å². The Balaban J connectivity index is 0.00000420. The van der Waals surface area contributed by atoms with Gasteiger partial charge in [-0.1, -0.05) is 11.6 Å². The summed E-state index contributed by atoms with van der Waals surface area (Å²) >= 11 is 7.26. The van der Waals surface area contributed by atoms with Gasteiger partial charge in [0.05, 0.1) is 23.1 Å². The molecule has 1 fully saturated rings. The molecular formula is C25H33Cl2N7O4S. The monoisotopic (exact) mass is 597 g/mol. The van der Waals surface area contributed by atoms with E-state index in [1.165, 1.54) is 28.4 Å². The Morgan fingerprint density at radius 2 is 1.87 bits per heavy atom. The molecule has 0 bridgehead atoms. The van der Waals surface area contributed by atoms with Crippen LogP contribution in [0.1, 0.15) is 39.6 Å². The number of nitrogens with one attached hydrogen (secondary N) is 3. The lowest BCUT2D eigenvalue weighted by molar-refractivity contribution is -0.137. The lowest BCUT2D eigenvalue weighted by Crippen LogP contribution is -2.57. The van der Waals surface area contributed by atoms with Crippen molar-refractivity contribution in [1.29, 1.82) is 0 Å². The molecule has 0 radical (unpaired) electrons. The van der Waals surface area contributed by atoms with Crippen molar-refractivity contribution in [1.82, 2.24) is 25.4 Å². The molecule has 2 aromatic rings. The highest BCUT2D eigenvalue weighted by Gasteiger charge is 2.37. The van der Waals surface area contributed by atoms with E-state index in [0.717, 1.165) is 30.1 Å². The zero-order chi connectivity index (χ0) is 27.6. The molecule has 11 nitrogen and oxygen atoms in total. The van der Waals surface area contributed by atoms with Crippen molar-refractivity contribution in [3.05, 3.63) is 38.8 Å². The maximum atomic E-state index is 13.2. The van der Waals surface area contributed by atoms with Crippen molar-refractivity contribution >= 4 is 70.3 Å². The minimum absolute atomic E-state index is 0. The fourth-order valence-electron chi connectivity index (χ4n) is 4.80. The molecule has 1 aromatic heterocycles. The van der Waals surface area contributed by atoms with E-state index < -0.39 is 23.9 Å². The number of nitrogens with two attached hydrogens (primary N) is 1. The van der Waals surface area contributed by atoms with Gasteiger partial charge in [0.1, 0.15) is 0 Å². The summed E-state index contributed by atoms with van der Waals surface area (Å²) in [6.07, 6.45) is 2.03. The van der Waals surface area contributed by atoms with Crippen LogP contribution < -0.4 is 21.7 Å². The second-order valence-electron chi connectivity index (χ2n) is 9.96. The summed E-state index contributed by atoms with van der Waals surface area (Å²) in [5.41, 5.74) is 7.30. The molecular weight excluding hydrogens is 565 g/mol. The van der Waals surface area contributed by atoms with Gasteiger partial charge >= 0.3 is 11.8 Å². The number of fused-ring (bicyclic) bond motifs is 1. The van der Waals surface area contributed by atoms with E-state index in [1.807, 2.05) is 7.05 Å². The van der Waals surface area contributed by atoms with Crippen molar-refractivity contribution in [3.8, 4) is 0 Å². The number of thiazole rings is 1. The molecule has 4 rings (SSSR count). The van der Waals surface area contributed by atoms with E-state index in [2.05, 4.69) is 25.8 Å². The number of likely N-dealkylation sites (N-methyl/N-ethyl adjacent to an activating group) is 1. The smallest absolute Gasteiger partial charge is 0.313 e. The number of hydrogen-bond acceptors (Lipinski definition) is 8. The van der Waals surface area contributed by atoms with E-state index in [0.29, 0.717) is 29.3 Å². The molecule has 1 saturated carbocycles. The van der Waals surface area contributed by atoms with E-state index in [1.54, 1.807) is 20.2 Å². The maximum absolute atomic E-state index is 13.2. The molecule has 4 amide bonds. The van der Waals surface area contributed by atoms with Gasteiger partial charge in [0.15, 0.2) is 5.01 Å². The Bertz CT molecular complexity index is 1260. The second kappa shape index (κ2) is 12.9. The van der Waals surface area contributed by atoms with E-state index in [9.17, 15) is 19.2 Å². The quantitative estimate of drug-likeness (QED) is 0.303. The van der Waals surface area contributed by atoms with Gasteiger partial charge in [-0.3, -0.25) is 19.2 Å². The minimum atomic E-state index is -0.896. The average Bonchev–Trinajstić information content (AvgIpc) is 3.29. The van der Waals surface area contributed by atoms with Gasteiger partial charge in [-0.25, -0.2) is 4.98 Å². The molecule has 1 aliphatic carbocycles. The Hall–Kier alpha value is -2.93. The Labute approximate surface area is 242 Å². The Kier molecular flexibility index (Phi) is 10.2. The van der Waals surface area contributed by atoms with Crippen LogP contribution in [0.25, 0.3) is 0 Å². The summed E-state index contributed by atoms with van der Waals surface area (Å²) in [6.45, 7) is 1.63. The molecule has 5 N–H and O–H groups in total. The number of halogens is 2. The van der Waals surface area contributed by atoms with Crippen LogP contribution in [0.2, 0.25) is 5.02 Å². The van der Waals surface area contributed by atoms with Crippen molar-refractivity contribution in [2.45, 2.75) is 44.3 Å². The van der Waals surface area contributed by atoms with Crippen LogP contribution in [0.4, 0.5) is 11.4 Å². The zero-order valence-electron chi connectivity index (χ0n) is 22.0. The molecule has 0 spiro atoms. The highest BCUT2D eigenvalue weighted by atomic mass is 35.5. The van der Waals surface area contributed by atoms with Crippen LogP contribution >= 0.6 is 35.3 Å². The highest BCUT2D eigenvalue weighted by Crippen LogP contribution is 2.29. The second-order valence-corrected chi connectivity index (χ2v) is 11.5. The first-order valence-corrected chi connectivity index (χ1v) is 13.6. The third-order valence-electron chi connectivity index (χ3n) is 6.86. The number of carbonyl (C=O) groups is 4. The molecule has 2 heterocycles. The Morgan fingerprint density at radius 3 is 2.56 bits per heavy atom. The van der Waals surface area contributed by atoms with Crippen molar-refractivity contribution in [2.75, 3.05) is 38.7 Å². The van der Waals surface area contributed by atoms with Crippen molar-refractivity contribution in [3.63, 3.8) is 0 Å².